The average Bonchev–Trinajstić information content (AvgIpc) is 2.17. The van der Waals surface area contributed by atoms with Gasteiger partial charge in [-0.25, -0.2) is 0 Å². The molecule has 1 aromatic rings. The molecule has 0 spiro atoms. The second-order valence-electron chi connectivity index (χ2n) is 4.62. The number of piperidine rings is 2. The second kappa shape index (κ2) is 2.74. The van der Waals surface area contributed by atoms with Crippen LogP contribution in [0, 0.1) is 5.92 Å². The maximum atomic E-state index is 9.45. The molecule has 0 atom stereocenters. The van der Waals surface area contributed by atoms with Crippen molar-refractivity contribution in [2.24, 2.45) is 5.92 Å². The van der Waals surface area contributed by atoms with E-state index in [1.165, 1.54) is 24.8 Å². The summed E-state index contributed by atoms with van der Waals surface area (Å²) >= 11 is 0. The van der Waals surface area contributed by atoms with Gasteiger partial charge in [-0.05, 0) is 49.4 Å². The largest absolute Gasteiger partial charge is 0.508 e. The number of nitrogens with one attached hydrogen (secondary N) is 1. The number of hydrogen-bond donors (Lipinski definition) is 2. The smallest absolute Gasteiger partial charge is 0.115 e. The van der Waals surface area contributed by atoms with Gasteiger partial charge in [-0.2, -0.15) is 0 Å². The molecule has 2 heteroatoms. The zero-order valence-corrected chi connectivity index (χ0v) is 8.16. The van der Waals surface area contributed by atoms with Crippen molar-refractivity contribution in [3.63, 3.8) is 0 Å². The fraction of sp³-hybridized carbons (Fsp3) is 0.500. The maximum Gasteiger partial charge on any atom is 0.115 e. The predicted octanol–water partition coefficient (Wildman–Crippen LogP) is 1.99. The number of rotatable bonds is 1. The number of fused-ring (bicyclic) bond motifs is 2. The Balaban J connectivity index is 1.95. The van der Waals surface area contributed by atoms with Crippen molar-refractivity contribution >= 4 is 0 Å². The van der Waals surface area contributed by atoms with Gasteiger partial charge in [0.05, 0.1) is 0 Å². The van der Waals surface area contributed by atoms with E-state index in [2.05, 4.69) is 11.4 Å². The van der Waals surface area contributed by atoms with Crippen molar-refractivity contribution < 1.29 is 5.11 Å². The maximum absolute atomic E-state index is 9.45. The Bertz CT molecular complexity index is 350. The van der Waals surface area contributed by atoms with Gasteiger partial charge < -0.3 is 10.4 Å². The first-order valence-electron chi connectivity index (χ1n) is 5.33. The van der Waals surface area contributed by atoms with Crippen molar-refractivity contribution in [3.05, 3.63) is 29.8 Å². The van der Waals surface area contributed by atoms with Gasteiger partial charge in [-0.15, -0.1) is 0 Å². The van der Waals surface area contributed by atoms with E-state index in [0.717, 1.165) is 12.5 Å². The SMILES string of the molecule is Oc1cccc(C23CC(CCN2)C3)c1. The molecule has 0 amide bonds. The van der Waals surface area contributed by atoms with Crippen LogP contribution in [-0.2, 0) is 5.54 Å². The molecule has 74 valence electrons. The molecule has 0 aromatic heterocycles. The van der Waals surface area contributed by atoms with Crippen LogP contribution in [0.4, 0.5) is 0 Å². The molecule has 3 aliphatic rings. The number of phenols is 1. The Morgan fingerprint density at radius 2 is 2.21 bits per heavy atom. The Kier molecular flexibility index (Phi) is 1.62. The minimum absolute atomic E-state index is 0.196. The van der Waals surface area contributed by atoms with Gasteiger partial charge >= 0.3 is 0 Å². The Morgan fingerprint density at radius 1 is 1.36 bits per heavy atom. The highest BCUT2D eigenvalue weighted by molar-refractivity contribution is 5.35. The predicted molar refractivity (Wildman–Crippen MR) is 55.1 cm³/mol. The van der Waals surface area contributed by atoms with Crippen LogP contribution in [-0.4, -0.2) is 11.7 Å². The summed E-state index contributed by atoms with van der Waals surface area (Å²) in [6.45, 7) is 1.13. The minimum atomic E-state index is 0.196. The summed E-state index contributed by atoms with van der Waals surface area (Å²) in [5.41, 5.74) is 1.45. The molecule has 0 unspecified atom stereocenters. The van der Waals surface area contributed by atoms with Crippen LogP contribution in [0.1, 0.15) is 24.8 Å². The van der Waals surface area contributed by atoms with E-state index in [9.17, 15) is 5.11 Å². The highest BCUT2D eigenvalue weighted by atomic mass is 16.3. The summed E-state index contributed by atoms with van der Waals surface area (Å²) in [4.78, 5) is 0. The van der Waals surface area contributed by atoms with Gasteiger partial charge in [-0.1, -0.05) is 12.1 Å². The third-order valence-corrected chi connectivity index (χ3v) is 3.69. The van der Waals surface area contributed by atoms with Crippen LogP contribution in [0.5, 0.6) is 5.75 Å². The van der Waals surface area contributed by atoms with E-state index in [1.807, 2.05) is 12.1 Å². The summed E-state index contributed by atoms with van der Waals surface area (Å²) in [7, 11) is 0. The lowest BCUT2D eigenvalue weighted by atomic mass is 9.61. The zero-order valence-electron chi connectivity index (χ0n) is 8.16. The highest BCUT2D eigenvalue weighted by Crippen LogP contribution is 2.50. The topological polar surface area (TPSA) is 32.3 Å². The Morgan fingerprint density at radius 3 is 2.86 bits per heavy atom. The molecule has 2 saturated heterocycles. The van der Waals surface area contributed by atoms with E-state index in [-0.39, 0.29) is 5.54 Å². The molecule has 3 fully saturated rings. The molecular formula is C12H15NO. The van der Waals surface area contributed by atoms with Crippen LogP contribution < -0.4 is 5.32 Å². The van der Waals surface area contributed by atoms with E-state index in [4.69, 9.17) is 0 Å². The molecule has 0 radical (unpaired) electrons. The number of benzene rings is 1. The quantitative estimate of drug-likeness (QED) is 0.708. The Hall–Kier alpha value is -1.02. The van der Waals surface area contributed by atoms with Crippen molar-refractivity contribution in [2.75, 3.05) is 6.54 Å². The second-order valence-corrected chi connectivity index (χ2v) is 4.62. The lowest BCUT2D eigenvalue weighted by Crippen LogP contribution is -2.57. The highest BCUT2D eigenvalue weighted by Gasteiger charge is 2.47. The normalized spacial score (nSPS) is 35.0. The molecule has 2 bridgehead atoms. The first-order chi connectivity index (χ1) is 6.78. The van der Waals surface area contributed by atoms with Gasteiger partial charge in [0, 0.05) is 5.54 Å². The standard InChI is InChI=1S/C12H15NO/c14-11-3-1-2-10(6-11)12-7-9(8-12)4-5-13-12/h1-3,6,9,13-14H,4-5,7-8H2. The zero-order chi connectivity index (χ0) is 9.60. The van der Waals surface area contributed by atoms with Crippen molar-refractivity contribution in [3.8, 4) is 5.75 Å². The van der Waals surface area contributed by atoms with E-state index < -0.39 is 0 Å². The number of aromatic hydroxyl groups is 1. The molecule has 2 aliphatic heterocycles. The molecule has 2 nitrogen and oxygen atoms in total. The van der Waals surface area contributed by atoms with Gasteiger partial charge in [0.15, 0.2) is 0 Å². The van der Waals surface area contributed by atoms with Crippen molar-refractivity contribution in [1.82, 2.24) is 5.32 Å². The molecule has 2 heterocycles. The molecule has 4 rings (SSSR count). The molecular weight excluding hydrogens is 174 g/mol. The molecule has 1 aliphatic carbocycles. The fourth-order valence-electron chi connectivity index (χ4n) is 2.93. The molecule has 1 saturated carbocycles. The monoisotopic (exact) mass is 189 g/mol. The summed E-state index contributed by atoms with van der Waals surface area (Å²) < 4.78 is 0. The Labute approximate surface area is 84.0 Å². The van der Waals surface area contributed by atoms with Crippen LogP contribution in [0.3, 0.4) is 0 Å². The van der Waals surface area contributed by atoms with Crippen LogP contribution >= 0.6 is 0 Å². The minimum Gasteiger partial charge on any atom is -0.508 e. The number of hydrogen-bond acceptors (Lipinski definition) is 2. The van der Waals surface area contributed by atoms with Crippen molar-refractivity contribution in [2.45, 2.75) is 24.8 Å². The molecule has 14 heavy (non-hydrogen) atoms. The molecule has 1 aromatic carbocycles. The summed E-state index contributed by atoms with van der Waals surface area (Å²) in [6.07, 6.45) is 3.81. The van der Waals surface area contributed by atoms with E-state index in [1.54, 1.807) is 6.07 Å². The number of phenolic OH excluding ortho intramolecular Hbond substituents is 1. The first-order valence-corrected chi connectivity index (χ1v) is 5.33. The van der Waals surface area contributed by atoms with Crippen LogP contribution in [0.25, 0.3) is 0 Å². The van der Waals surface area contributed by atoms with E-state index in [0.29, 0.717) is 5.75 Å². The lowest BCUT2D eigenvalue weighted by Gasteiger charge is -2.53. The third-order valence-electron chi connectivity index (χ3n) is 3.69. The van der Waals surface area contributed by atoms with Crippen LogP contribution in [0.2, 0.25) is 0 Å². The molecule has 2 N–H and O–H groups in total. The average molecular weight is 189 g/mol. The van der Waals surface area contributed by atoms with Gasteiger partial charge in [0.25, 0.3) is 0 Å². The van der Waals surface area contributed by atoms with Crippen LogP contribution in [0.15, 0.2) is 24.3 Å². The first kappa shape index (κ1) is 8.30. The van der Waals surface area contributed by atoms with Gasteiger partial charge in [0.2, 0.25) is 0 Å². The summed E-state index contributed by atoms with van der Waals surface area (Å²) in [5, 5.41) is 13.0. The van der Waals surface area contributed by atoms with Crippen molar-refractivity contribution in [1.29, 1.82) is 0 Å². The third kappa shape index (κ3) is 1.07. The fourth-order valence-corrected chi connectivity index (χ4v) is 2.93. The van der Waals surface area contributed by atoms with Gasteiger partial charge in [-0.3, -0.25) is 0 Å². The summed E-state index contributed by atoms with van der Waals surface area (Å²) in [5.74, 6) is 1.30. The summed E-state index contributed by atoms with van der Waals surface area (Å²) in [6, 6.07) is 7.69. The van der Waals surface area contributed by atoms with Gasteiger partial charge in [0.1, 0.15) is 5.75 Å². The lowest BCUT2D eigenvalue weighted by molar-refractivity contribution is 0.0500. The van der Waals surface area contributed by atoms with E-state index >= 15 is 0 Å².